The predicted molar refractivity (Wildman–Crippen MR) is 86.1 cm³/mol. The number of carbonyl (C=O) groups excluding carboxylic acids is 1. The average molecular weight is 320 g/mol. The van der Waals surface area contributed by atoms with Gasteiger partial charge in [0.1, 0.15) is 0 Å². The molecule has 22 heavy (non-hydrogen) atoms. The fraction of sp³-hybridized carbons (Fsp3) is 0.467. The number of hydrogen-bond donors (Lipinski definition) is 1. The fourth-order valence-corrected chi connectivity index (χ4v) is 2.95. The van der Waals surface area contributed by atoms with Crippen molar-refractivity contribution in [3.05, 3.63) is 28.7 Å². The van der Waals surface area contributed by atoms with Crippen LogP contribution in [-0.2, 0) is 11.2 Å². The minimum atomic E-state index is -0.337. The van der Waals surface area contributed by atoms with Gasteiger partial charge in [-0.3, -0.25) is 10.1 Å². The quantitative estimate of drug-likeness (QED) is 0.673. The molecule has 2 rings (SSSR count). The third-order valence-corrected chi connectivity index (χ3v) is 4.15. The van der Waals surface area contributed by atoms with Crippen LogP contribution in [0.25, 0.3) is 0 Å². The number of aryl methyl sites for hydroxylation is 3. The van der Waals surface area contributed by atoms with Gasteiger partial charge < -0.3 is 4.52 Å². The lowest BCUT2D eigenvalue weighted by molar-refractivity contribution is -0.115. The molecule has 0 spiro atoms. The predicted octanol–water partition coefficient (Wildman–Crippen LogP) is 3.07. The normalized spacial score (nSPS) is 12.2. The Kier molecular flexibility index (Phi) is 5.18. The highest BCUT2D eigenvalue weighted by Crippen LogP contribution is 2.24. The Bertz CT molecular complexity index is 664. The van der Waals surface area contributed by atoms with Crippen molar-refractivity contribution in [3.8, 4) is 0 Å². The molecule has 0 aliphatic carbocycles. The van der Waals surface area contributed by atoms with E-state index in [2.05, 4.69) is 20.4 Å². The van der Waals surface area contributed by atoms with Crippen LogP contribution in [0.5, 0.6) is 0 Å². The van der Waals surface area contributed by atoms with Crippen molar-refractivity contribution < 1.29 is 9.32 Å². The maximum atomic E-state index is 12.3. The summed E-state index contributed by atoms with van der Waals surface area (Å²) in [6.07, 6.45) is 0.757. The van der Waals surface area contributed by atoms with Crippen LogP contribution in [0, 0.1) is 20.8 Å². The lowest BCUT2D eigenvalue weighted by atomic mass is 10.2. The van der Waals surface area contributed by atoms with Crippen LogP contribution in [0.1, 0.15) is 36.5 Å². The van der Waals surface area contributed by atoms with Crippen molar-refractivity contribution >= 4 is 23.6 Å². The molecule has 2 heterocycles. The number of hydrogen-bond acceptors (Lipinski definition) is 6. The number of amides is 1. The van der Waals surface area contributed by atoms with E-state index in [9.17, 15) is 4.79 Å². The summed E-state index contributed by atoms with van der Waals surface area (Å²) in [6.45, 7) is 9.49. The molecule has 1 atom stereocenters. The summed E-state index contributed by atoms with van der Waals surface area (Å²) in [6, 6.07) is 1.90. The van der Waals surface area contributed by atoms with E-state index in [-0.39, 0.29) is 11.2 Å². The van der Waals surface area contributed by atoms with Crippen molar-refractivity contribution in [2.45, 2.75) is 51.4 Å². The molecule has 1 N–H and O–H groups in total. The van der Waals surface area contributed by atoms with Crippen LogP contribution in [0.4, 0.5) is 5.88 Å². The van der Waals surface area contributed by atoms with Gasteiger partial charge in [0, 0.05) is 17.0 Å². The van der Waals surface area contributed by atoms with E-state index in [1.807, 2.05) is 40.7 Å². The van der Waals surface area contributed by atoms with Gasteiger partial charge in [-0.1, -0.05) is 23.8 Å². The second kappa shape index (κ2) is 6.91. The Morgan fingerprint density at radius 2 is 1.95 bits per heavy atom. The molecule has 7 heteroatoms. The molecular weight excluding hydrogens is 300 g/mol. The minimum absolute atomic E-state index is 0.154. The highest BCUT2D eigenvalue weighted by molar-refractivity contribution is 8.00. The number of carbonyl (C=O) groups is 1. The largest absolute Gasteiger partial charge is 0.338 e. The smallest absolute Gasteiger partial charge is 0.240 e. The number of anilines is 1. The van der Waals surface area contributed by atoms with Gasteiger partial charge in [-0.05, 0) is 40.2 Å². The summed E-state index contributed by atoms with van der Waals surface area (Å²) < 4.78 is 5.17. The van der Waals surface area contributed by atoms with Gasteiger partial charge in [0.05, 0.1) is 10.9 Å². The highest BCUT2D eigenvalue weighted by Gasteiger charge is 2.20. The van der Waals surface area contributed by atoms with Gasteiger partial charge in [0.25, 0.3) is 0 Å². The Labute approximate surface area is 134 Å². The first-order valence-electron chi connectivity index (χ1n) is 7.15. The molecule has 0 aliphatic heterocycles. The lowest BCUT2D eigenvalue weighted by Crippen LogP contribution is -2.23. The molecule has 118 valence electrons. The molecular formula is C15H20N4O2S. The topological polar surface area (TPSA) is 80.9 Å². The molecule has 0 bridgehead atoms. The Morgan fingerprint density at radius 1 is 1.32 bits per heavy atom. The second-order valence-electron chi connectivity index (χ2n) is 5.11. The third kappa shape index (κ3) is 3.85. The molecule has 0 saturated heterocycles. The Balaban J connectivity index is 2.05. The summed E-state index contributed by atoms with van der Waals surface area (Å²) in [7, 11) is 0. The van der Waals surface area contributed by atoms with E-state index in [4.69, 9.17) is 4.52 Å². The Morgan fingerprint density at radius 3 is 2.55 bits per heavy atom. The van der Waals surface area contributed by atoms with Crippen molar-refractivity contribution in [2.24, 2.45) is 0 Å². The molecule has 1 unspecified atom stereocenters. The molecule has 0 aliphatic rings. The zero-order chi connectivity index (χ0) is 16.3. The van der Waals surface area contributed by atoms with Crippen LogP contribution in [0.15, 0.2) is 15.7 Å². The second-order valence-corrected chi connectivity index (χ2v) is 6.42. The molecule has 0 fully saturated rings. The Hall–Kier alpha value is -1.89. The van der Waals surface area contributed by atoms with Crippen molar-refractivity contribution in [3.63, 3.8) is 0 Å². The maximum Gasteiger partial charge on any atom is 0.240 e. The van der Waals surface area contributed by atoms with Gasteiger partial charge in [-0.15, -0.1) is 0 Å². The van der Waals surface area contributed by atoms with Gasteiger partial charge in [0.2, 0.25) is 11.8 Å². The standard InChI is InChI=1S/C15H20N4O2S/c1-6-12-10(4)19-21-14(12)18-13(20)11(5)22-15-16-8(2)7-9(3)17-15/h7,11H,6H2,1-5H3,(H,18,20). The van der Waals surface area contributed by atoms with Gasteiger partial charge in [0.15, 0.2) is 5.16 Å². The van der Waals surface area contributed by atoms with Gasteiger partial charge in [-0.25, -0.2) is 9.97 Å². The molecule has 2 aromatic heterocycles. The zero-order valence-electron chi connectivity index (χ0n) is 13.4. The summed E-state index contributed by atoms with van der Waals surface area (Å²) in [5.74, 6) is 0.275. The van der Waals surface area contributed by atoms with E-state index in [0.29, 0.717) is 11.0 Å². The molecule has 6 nitrogen and oxygen atoms in total. The van der Waals surface area contributed by atoms with Crippen molar-refractivity contribution in [1.29, 1.82) is 0 Å². The maximum absolute atomic E-state index is 12.3. The monoisotopic (exact) mass is 320 g/mol. The molecule has 1 amide bonds. The van der Waals surface area contributed by atoms with Crippen LogP contribution in [0.2, 0.25) is 0 Å². The zero-order valence-corrected chi connectivity index (χ0v) is 14.2. The summed E-state index contributed by atoms with van der Waals surface area (Å²) in [4.78, 5) is 21.0. The van der Waals surface area contributed by atoms with Gasteiger partial charge >= 0.3 is 0 Å². The van der Waals surface area contributed by atoms with Crippen LogP contribution >= 0.6 is 11.8 Å². The summed E-state index contributed by atoms with van der Waals surface area (Å²) >= 11 is 1.32. The minimum Gasteiger partial charge on any atom is -0.338 e. The number of rotatable bonds is 5. The van der Waals surface area contributed by atoms with Crippen LogP contribution in [0.3, 0.4) is 0 Å². The molecule has 0 radical (unpaired) electrons. The lowest BCUT2D eigenvalue weighted by Gasteiger charge is -2.10. The summed E-state index contributed by atoms with van der Waals surface area (Å²) in [5.41, 5.74) is 3.51. The molecule has 0 aromatic carbocycles. The summed E-state index contributed by atoms with van der Waals surface area (Å²) in [5, 5.41) is 6.94. The van der Waals surface area contributed by atoms with Crippen molar-refractivity contribution in [2.75, 3.05) is 5.32 Å². The molecule has 2 aromatic rings. The first kappa shape index (κ1) is 16.5. The number of thioether (sulfide) groups is 1. The number of aromatic nitrogens is 3. The van der Waals surface area contributed by atoms with Crippen LogP contribution < -0.4 is 5.32 Å². The van der Waals surface area contributed by atoms with E-state index in [1.54, 1.807) is 0 Å². The van der Waals surface area contributed by atoms with E-state index >= 15 is 0 Å². The van der Waals surface area contributed by atoms with E-state index < -0.39 is 0 Å². The van der Waals surface area contributed by atoms with Crippen molar-refractivity contribution in [1.82, 2.24) is 15.1 Å². The van der Waals surface area contributed by atoms with Crippen LogP contribution in [-0.4, -0.2) is 26.3 Å². The van der Waals surface area contributed by atoms with Gasteiger partial charge in [-0.2, -0.15) is 0 Å². The SMILES string of the molecule is CCc1c(C)noc1NC(=O)C(C)Sc1nc(C)cc(C)n1. The molecule has 0 saturated carbocycles. The van der Waals surface area contributed by atoms with E-state index in [1.165, 1.54) is 11.8 Å². The van der Waals surface area contributed by atoms with E-state index in [0.717, 1.165) is 29.1 Å². The number of nitrogens with zero attached hydrogens (tertiary/aromatic N) is 3. The average Bonchev–Trinajstić information content (AvgIpc) is 2.77. The highest BCUT2D eigenvalue weighted by atomic mass is 32.2. The first-order chi connectivity index (χ1) is 10.4. The fourth-order valence-electron chi connectivity index (χ4n) is 2.07. The first-order valence-corrected chi connectivity index (χ1v) is 8.03. The number of nitrogens with one attached hydrogen (secondary N) is 1. The third-order valence-electron chi connectivity index (χ3n) is 3.19.